The lowest BCUT2D eigenvalue weighted by atomic mass is 10.00. The predicted octanol–water partition coefficient (Wildman–Crippen LogP) is 2.47. The van der Waals surface area contributed by atoms with Crippen molar-refractivity contribution in [3.8, 4) is 5.88 Å². The number of hydrogen-bond acceptors (Lipinski definition) is 5. The van der Waals surface area contributed by atoms with Crippen LogP contribution in [0.5, 0.6) is 5.88 Å². The molecular formula is C13H22N4O. The lowest BCUT2D eigenvalue weighted by molar-refractivity contribution is 0.135. The smallest absolute Gasteiger partial charge is 0.218 e. The number of nitrogens with one attached hydrogen (secondary N) is 1. The van der Waals surface area contributed by atoms with E-state index in [0.29, 0.717) is 24.6 Å². The van der Waals surface area contributed by atoms with Gasteiger partial charge in [-0.3, -0.25) is 0 Å². The molecule has 18 heavy (non-hydrogen) atoms. The molecule has 2 atom stereocenters. The second kappa shape index (κ2) is 6.00. The van der Waals surface area contributed by atoms with Crippen LogP contribution in [0.4, 0.5) is 5.82 Å². The molecule has 5 heteroatoms. The van der Waals surface area contributed by atoms with E-state index in [0.717, 1.165) is 5.82 Å². The average molecular weight is 250 g/mol. The lowest BCUT2D eigenvalue weighted by Crippen LogP contribution is -2.47. The fourth-order valence-electron chi connectivity index (χ4n) is 2.40. The van der Waals surface area contributed by atoms with Gasteiger partial charge >= 0.3 is 0 Å². The second-order valence-electron chi connectivity index (χ2n) is 4.82. The minimum absolute atomic E-state index is 0.527. The fraction of sp³-hybridized carbons (Fsp3) is 0.692. The third-order valence-electron chi connectivity index (χ3n) is 3.37. The molecule has 0 saturated carbocycles. The molecule has 1 N–H and O–H groups in total. The van der Waals surface area contributed by atoms with Gasteiger partial charge in [-0.25, -0.2) is 15.0 Å². The predicted molar refractivity (Wildman–Crippen MR) is 71.4 cm³/mol. The van der Waals surface area contributed by atoms with E-state index >= 15 is 0 Å². The number of ether oxygens (including phenoxy) is 1. The fourth-order valence-corrected chi connectivity index (χ4v) is 2.40. The van der Waals surface area contributed by atoms with Crippen molar-refractivity contribution in [3.63, 3.8) is 0 Å². The first kappa shape index (κ1) is 13.1. The number of piperidine rings is 1. The Bertz CT molecular complexity index is 375. The van der Waals surface area contributed by atoms with Gasteiger partial charge in [0.25, 0.3) is 0 Å². The van der Waals surface area contributed by atoms with Crippen LogP contribution < -0.4 is 10.2 Å². The van der Waals surface area contributed by atoms with Gasteiger partial charge in [0.15, 0.2) is 0 Å². The van der Waals surface area contributed by atoms with E-state index in [2.05, 4.69) is 34.3 Å². The molecule has 1 aromatic heterocycles. The Hall–Kier alpha value is -1.36. The highest BCUT2D eigenvalue weighted by molar-refractivity contribution is 5.36. The lowest BCUT2D eigenvalue weighted by Gasteiger charge is -2.39. The van der Waals surface area contributed by atoms with Crippen molar-refractivity contribution in [1.82, 2.24) is 15.0 Å². The quantitative estimate of drug-likeness (QED) is 0.889. The summed E-state index contributed by atoms with van der Waals surface area (Å²) >= 11 is 0. The average Bonchev–Trinajstić information content (AvgIpc) is 2.35. The summed E-state index contributed by atoms with van der Waals surface area (Å²) in [4.78, 5) is 8.31. The third-order valence-corrected chi connectivity index (χ3v) is 3.37. The highest BCUT2D eigenvalue weighted by Crippen LogP contribution is 2.23. The molecule has 2 rings (SSSR count). The SMILES string of the molecule is CCOc1cc(NN2C(C)CCCC2C)ncn1. The summed E-state index contributed by atoms with van der Waals surface area (Å²) in [5, 5.41) is 2.28. The molecule has 1 aromatic rings. The van der Waals surface area contributed by atoms with E-state index in [1.165, 1.54) is 25.6 Å². The van der Waals surface area contributed by atoms with Gasteiger partial charge in [0.2, 0.25) is 5.88 Å². The molecule has 2 unspecified atom stereocenters. The Morgan fingerprint density at radius 2 is 2.06 bits per heavy atom. The molecule has 0 amide bonds. The molecular weight excluding hydrogens is 228 g/mol. The number of anilines is 1. The number of hydrazine groups is 1. The zero-order valence-electron chi connectivity index (χ0n) is 11.4. The van der Waals surface area contributed by atoms with Crippen molar-refractivity contribution in [2.75, 3.05) is 12.0 Å². The summed E-state index contributed by atoms with van der Waals surface area (Å²) in [7, 11) is 0. The topological polar surface area (TPSA) is 50.3 Å². The molecule has 100 valence electrons. The van der Waals surface area contributed by atoms with Crippen LogP contribution in [0.25, 0.3) is 0 Å². The summed E-state index contributed by atoms with van der Waals surface area (Å²) in [5.74, 6) is 1.42. The Morgan fingerprint density at radius 3 is 2.72 bits per heavy atom. The van der Waals surface area contributed by atoms with E-state index in [1.807, 2.05) is 13.0 Å². The number of nitrogens with zero attached hydrogens (tertiary/aromatic N) is 3. The molecule has 1 saturated heterocycles. The van der Waals surface area contributed by atoms with Crippen LogP contribution in [-0.4, -0.2) is 33.7 Å². The molecule has 5 nitrogen and oxygen atoms in total. The normalized spacial score (nSPS) is 24.8. The van der Waals surface area contributed by atoms with Crippen molar-refractivity contribution in [2.24, 2.45) is 0 Å². The number of aromatic nitrogens is 2. The van der Waals surface area contributed by atoms with Crippen LogP contribution in [-0.2, 0) is 0 Å². The first-order chi connectivity index (χ1) is 8.70. The first-order valence-electron chi connectivity index (χ1n) is 6.70. The second-order valence-corrected chi connectivity index (χ2v) is 4.82. The minimum atomic E-state index is 0.527. The van der Waals surface area contributed by atoms with E-state index in [4.69, 9.17) is 4.74 Å². The maximum atomic E-state index is 5.38. The van der Waals surface area contributed by atoms with Crippen molar-refractivity contribution in [2.45, 2.75) is 52.1 Å². The van der Waals surface area contributed by atoms with Crippen LogP contribution >= 0.6 is 0 Å². The minimum Gasteiger partial charge on any atom is -0.478 e. The zero-order valence-corrected chi connectivity index (χ0v) is 11.4. The van der Waals surface area contributed by atoms with Gasteiger partial charge in [-0.1, -0.05) is 6.42 Å². The molecule has 1 fully saturated rings. The van der Waals surface area contributed by atoms with Crippen molar-refractivity contribution in [1.29, 1.82) is 0 Å². The monoisotopic (exact) mass is 250 g/mol. The van der Waals surface area contributed by atoms with Gasteiger partial charge in [-0.2, -0.15) is 0 Å². The van der Waals surface area contributed by atoms with Gasteiger partial charge in [-0.05, 0) is 33.6 Å². The van der Waals surface area contributed by atoms with Gasteiger partial charge in [0.1, 0.15) is 12.1 Å². The van der Waals surface area contributed by atoms with Crippen LogP contribution in [0.15, 0.2) is 12.4 Å². The molecule has 1 aliphatic heterocycles. The van der Waals surface area contributed by atoms with Crippen LogP contribution in [0.2, 0.25) is 0 Å². The Labute approximate surface area is 109 Å². The van der Waals surface area contributed by atoms with Crippen LogP contribution in [0, 0.1) is 0 Å². The molecule has 0 radical (unpaired) electrons. The van der Waals surface area contributed by atoms with E-state index in [1.54, 1.807) is 0 Å². The van der Waals surface area contributed by atoms with Gasteiger partial charge < -0.3 is 10.2 Å². The molecule has 0 aromatic carbocycles. The van der Waals surface area contributed by atoms with Crippen molar-refractivity contribution >= 4 is 5.82 Å². The van der Waals surface area contributed by atoms with Gasteiger partial charge in [0.05, 0.1) is 6.61 Å². The maximum Gasteiger partial charge on any atom is 0.218 e. The summed E-state index contributed by atoms with van der Waals surface area (Å²) in [6.45, 7) is 7.05. The van der Waals surface area contributed by atoms with Gasteiger partial charge in [-0.15, -0.1) is 0 Å². The van der Waals surface area contributed by atoms with E-state index in [9.17, 15) is 0 Å². The molecule has 0 aliphatic carbocycles. The molecule has 2 heterocycles. The van der Waals surface area contributed by atoms with E-state index in [-0.39, 0.29) is 0 Å². The Kier molecular flexibility index (Phi) is 4.36. The zero-order chi connectivity index (χ0) is 13.0. The third kappa shape index (κ3) is 3.10. The summed E-state index contributed by atoms with van der Waals surface area (Å²) in [6.07, 6.45) is 5.28. The standard InChI is InChI=1S/C13H22N4O/c1-4-18-13-8-12(14-9-15-13)16-17-10(2)6-5-7-11(17)3/h8-11H,4-7H2,1-3H3,(H,14,15,16). The van der Waals surface area contributed by atoms with Crippen molar-refractivity contribution < 1.29 is 4.74 Å². The van der Waals surface area contributed by atoms with Crippen molar-refractivity contribution in [3.05, 3.63) is 12.4 Å². The number of rotatable bonds is 4. The first-order valence-corrected chi connectivity index (χ1v) is 6.70. The van der Waals surface area contributed by atoms with E-state index < -0.39 is 0 Å². The summed E-state index contributed by atoms with van der Waals surface area (Å²) in [5.41, 5.74) is 3.38. The molecule has 0 bridgehead atoms. The van der Waals surface area contributed by atoms with Crippen LogP contribution in [0.3, 0.4) is 0 Å². The number of hydrogen-bond donors (Lipinski definition) is 1. The highest BCUT2D eigenvalue weighted by atomic mass is 16.5. The Balaban J connectivity index is 2.05. The summed E-state index contributed by atoms with van der Waals surface area (Å²) < 4.78 is 5.38. The van der Waals surface area contributed by atoms with Crippen LogP contribution in [0.1, 0.15) is 40.0 Å². The molecule has 0 spiro atoms. The largest absolute Gasteiger partial charge is 0.478 e. The Morgan fingerprint density at radius 1 is 1.33 bits per heavy atom. The molecule has 1 aliphatic rings. The van der Waals surface area contributed by atoms with Gasteiger partial charge in [0, 0.05) is 18.2 Å². The summed E-state index contributed by atoms with van der Waals surface area (Å²) in [6, 6.07) is 2.90. The maximum absolute atomic E-state index is 5.38. The highest BCUT2D eigenvalue weighted by Gasteiger charge is 2.24.